The first-order valence-corrected chi connectivity index (χ1v) is 7.96. The van der Waals surface area contributed by atoms with Crippen molar-refractivity contribution in [2.24, 2.45) is 5.92 Å². The van der Waals surface area contributed by atoms with E-state index >= 15 is 0 Å². The van der Waals surface area contributed by atoms with Crippen molar-refractivity contribution in [2.45, 2.75) is 12.8 Å². The van der Waals surface area contributed by atoms with Gasteiger partial charge in [0.1, 0.15) is 0 Å². The van der Waals surface area contributed by atoms with Crippen molar-refractivity contribution in [3.05, 3.63) is 28.2 Å². The molecule has 0 spiro atoms. The summed E-state index contributed by atoms with van der Waals surface area (Å²) in [4.78, 5) is 14.4. The van der Waals surface area contributed by atoms with Gasteiger partial charge in [0, 0.05) is 6.54 Å². The largest absolute Gasteiger partial charge is 0.322 e. The van der Waals surface area contributed by atoms with Crippen LogP contribution in [0.15, 0.2) is 18.2 Å². The number of amides is 1. The van der Waals surface area contributed by atoms with Crippen molar-refractivity contribution in [3.63, 3.8) is 0 Å². The van der Waals surface area contributed by atoms with Crippen molar-refractivity contribution in [2.75, 3.05) is 38.5 Å². The maximum atomic E-state index is 12.2. The number of anilines is 1. The Kier molecular flexibility index (Phi) is 8.50. The molecule has 124 valence electrons. The number of hydrogen-bond acceptors (Lipinski definition) is 3. The van der Waals surface area contributed by atoms with Crippen LogP contribution in [0.4, 0.5) is 5.69 Å². The minimum Gasteiger partial charge on any atom is -0.322 e. The van der Waals surface area contributed by atoms with Gasteiger partial charge in [0.15, 0.2) is 0 Å². The van der Waals surface area contributed by atoms with E-state index in [-0.39, 0.29) is 18.3 Å². The third kappa shape index (κ3) is 5.60. The standard InChI is InChI=1S/C15H21Cl2N3O.ClH/c1-18-8-11-4-3-7-20(9-11)10-14(21)19-15-12(16)5-2-6-13(15)17;/h2,5-6,11,18H,3-4,7-10H2,1H3,(H,19,21);1H. The Hall–Kier alpha value is -0.520. The van der Waals surface area contributed by atoms with Crippen LogP contribution in [0.25, 0.3) is 0 Å². The summed E-state index contributed by atoms with van der Waals surface area (Å²) in [5.74, 6) is 0.538. The minimum atomic E-state index is -0.0740. The van der Waals surface area contributed by atoms with E-state index in [0.717, 1.165) is 26.1 Å². The van der Waals surface area contributed by atoms with E-state index in [0.29, 0.717) is 28.2 Å². The number of hydrogen-bond donors (Lipinski definition) is 2. The molecule has 1 unspecified atom stereocenters. The molecule has 1 aliphatic heterocycles. The lowest BCUT2D eigenvalue weighted by Gasteiger charge is -2.32. The highest BCUT2D eigenvalue weighted by molar-refractivity contribution is 6.39. The molecule has 1 fully saturated rings. The minimum absolute atomic E-state index is 0. The lowest BCUT2D eigenvalue weighted by molar-refractivity contribution is -0.117. The van der Waals surface area contributed by atoms with Crippen LogP contribution in [0.2, 0.25) is 10.0 Å². The Balaban J connectivity index is 0.00000242. The molecule has 0 aromatic heterocycles. The summed E-state index contributed by atoms with van der Waals surface area (Å²) in [5.41, 5.74) is 0.495. The Bertz CT molecular complexity index is 477. The third-order valence-corrected chi connectivity index (χ3v) is 4.32. The number of para-hydroxylation sites is 1. The Morgan fingerprint density at radius 3 is 2.68 bits per heavy atom. The first-order chi connectivity index (χ1) is 10.1. The third-order valence-electron chi connectivity index (χ3n) is 3.69. The van der Waals surface area contributed by atoms with Gasteiger partial charge in [-0.1, -0.05) is 29.3 Å². The molecule has 2 N–H and O–H groups in total. The molecule has 2 rings (SSSR count). The van der Waals surface area contributed by atoms with Crippen molar-refractivity contribution in [1.82, 2.24) is 10.2 Å². The number of nitrogens with one attached hydrogen (secondary N) is 2. The summed E-state index contributed by atoms with van der Waals surface area (Å²) in [5, 5.41) is 6.94. The van der Waals surface area contributed by atoms with Crippen LogP contribution in [0.5, 0.6) is 0 Å². The van der Waals surface area contributed by atoms with Crippen LogP contribution in [0, 0.1) is 5.92 Å². The van der Waals surface area contributed by atoms with Gasteiger partial charge in [0.25, 0.3) is 0 Å². The average Bonchev–Trinajstić information content (AvgIpc) is 2.44. The average molecular weight is 367 g/mol. The monoisotopic (exact) mass is 365 g/mol. The van der Waals surface area contributed by atoms with Gasteiger partial charge >= 0.3 is 0 Å². The van der Waals surface area contributed by atoms with E-state index in [9.17, 15) is 4.79 Å². The molecule has 1 amide bonds. The van der Waals surface area contributed by atoms with Crippen molar-refractivity contribution >= 4 is 47.2 Å². The smallest absolute Gasteiger partial charge is 0.238 e. The molecule has 0 radical (unpaired) electrons. The van der Waals surface area contributed by atoms with Gasteiger partial charge in [0.05, 0.1) is 22.3 Å². The summed E-state index contributed by atoms with van der Waals surface area (Å²) in [6.07, 6.45) is 2.35. The second-order valence-corrected chi connectivity index (χ2v) is 6.26. The molecule has 7 heteroatoms. The first kappa shape index (κ1) is 19.5. The molecule has 1 saturated heterocycles. The predicted molar refractivity (Wildman–Crippen MR) is 95.4 cm³/mol. The summed E-state index contributed by atoms with van der Waals surface area (Å²) < 4.78 is 0. The second kappa shape index (κ2) is 9.58. The number of carbonyl (C=O) groups excluding carboxylic acids is 1. The van der Waals surface area contributed by atoms with E-state index in [2.05, 4.69) is 15.5 Å². The maximum Gasteiger partial charge on any atom is 0.238 e. The summed E-state index contributed by atoms with van der Waals surface area (Å²) in [6, 6.07) is 5.19. The van der Waals surface area contributed by atoms with Crippen molar-refractivity contribution in [3.8, 4) is 0 Å². The van der Waals surface area contributed by atoms with E-state index in [4.69, 9.17) is 23.2 Å². The number of nitrogens with zero attached hydrogens (tertiary/aromatic N) is 1. The zero-order valence-corrected chi connectivity index (χ0v) is 14.9. The molecule has 1 heterocycles. The molecule has 0 bridgehead atoms. The molecule has 22 heavy (non-hydrogen) atoms. The van der Waals surface area contributed by atoms with E-state index < -0.39 is 0 Å². The topological polar surface area (TPSA) is 44.4 Å². The van der Waals surface area contributed by atoms with Gasteiger partial charge in [0.2, 0.25) is 5.91 Å². The fraction of sp³-hybridized carbons (Fsp3) is 0.533. The quantitative estimate of drug-likeness (QED) is 0.840. The number of piperidine rings is 1. The van der Waals surface area contributed by atoms with Crippen molar-refractivity contribution < 1.29 is 4.79 Å². The molecule has 1 aliphatic rings. The Morgan fingerprint density at radius 2 is 2.05 bits per heavy atom. The van der Waals surface area contributed by atoms with Crippen LogP contribution >= 0.6 is 35.6 Å². The number of benzene rings is 1. The molecule has 0 saturated carbocycles. The molecule has 0 aliphatic carbocycles. The number of carbonyl (C=O) groups is 1. The maximum absolute atomic E-state index is 12.2. The molecule has 4 nitrogen and oxygen atoms in total. The zero-order chi connectivity index (χ0) is 15.2. The SMILES string of the molecule is CNCC1CCCN(CC(=O)Nc2c(Cl)cccc2Cl)C1.Cl. The van der Waals surface area contributed by atoms with Crippen LogP contribution < -0.4 is 10.6 Å². The van der Waals surface area contributed by atoms with Gasteiger partial charge < -0.3 is 10.6 Å². The first-order valence-electron chi connectivity index (χ1n) is 7.21. The van der Waals surface area contributed by atoms with Gasteiger partial charge in [-0.05, 0) is 51.0 Å². The van der Waals surface area contributed by atoms with Gasteiger partial charge in [-0.25, -0.2) is 0 Å². The fourth-order valence-electron chi connectivity index (χ4n) is 2.75. The van der Waals surface area contributed by atoms with Crippen molar-refractivity contribution in [1.29, 1.82) is 0 Å². The highest BCUT2D eigenvalue weighted by atomic mass is 35.5. The zero-order valence-electron chi connectivity index (χ0n) is 12.6. The lowest BCUT2D eigenvalue weighted by Crippen LogP contribution is -2.42. The molecular weight excluding hydrogens is 345 g/mol. The normalized spacial score (nSPS) is 18.6. The van der Waals surface area contributed by atoms with E-state index in [1.54, 1.807) is 18.2 Å². The van der Waals surface area contributed by atoms with Crippen LogP contribution in [-0.2, 0) is 4.79 Å². The van der Waals surface area contributed by atoms with Crippen LogP contribution in [0.1, 0.15) is 12.8 Å². The van der Waals surface area contributed by atoms with Crippen LogP contribution in [-0.4, -0.2) is 44.0 Å². The second-order valence-electron chi connectivity index (χ2n) is 5.45. The number of likely N-dealkylation sites (tertiary alicyclic amines) is 1. The van der Waals surface area contributed by atoms with Gasteiger partial charge in [-0.15, -0.1) is 12.4 Å². The molecule has 1 atom stereocenters. The molecule has 1 aromatic rings. The van der Waals surface area contributed by atoms with E-state index in [1.165, 1.54) is 6.42 Å². The highest BCUT2D eigenvalue weighted by Gasteiger charge is 2.21. The van der Waals surface area contributed by atoms with Crippen LogP contribution in [0.3, 0.4) is 0 Å². The number of rotatable bonds is 5. The lowest BCUT2D eigenvalue weighted by atomic mass is 9.98. The highest BCUT2D eigenvalue weighted by Crippen LogP contribution is 2.29. The Labute approximate surface area is 147 Å². The predicted octanol–water partition coefficient (Wildman–Crippen LogP) is 3.29. The molecular formula is C15H22Cl3N3O. The molecule has 1 aromatic carbocycles. The summed E-state index contributed by atoms with van der Waals surface area (Å²) in [7, 11) is 1.96. The summed E-state index contributed by atoms with van der Waals surface area (Å²) in [6.45, 7) is 3.28. The summed E-state index contributed by atoms with van der Waals surface area (Å²) >= 11 is 12.1. The Morgan fingerprint density at radius 1 is 1.36 bits per heavy atom. The van der Waals surface area contributed by atoms with Gasteiger partial charge in [-0.3, -0.25) is 9.69 Å². The van der Waals surface area contributed by atoms with Gasteiger partial charge in [-0.2, -0.15) is 0 Å². The number of halogens is 3. The van der Waals surface area contributed by atoms with E-state index in [1.807, 2.05) is 7.05 Å². The fourth-order valence-corrected chi connectivity index (χ4v) is 3.24.